The number of amides is 2. The van der Waals surface area contributed by atoms with Crippen molar-refractivity contribution >= 4 is 22.6 Å². The highest BCUT2D eigenvalue weighted by Crippen LogP contribution is 2.25. The van der Waals surface area contributed by atoms with Crippen molar-refractivity contribution in [2.75, 3.05) is 5.32 Å². The second-order valence-corrected chi connectivity index (χ2v) is 7.69. The molecule has 0 radical (unpaired) electrons. The maximum Gasteiger partial charge on any atom is 0.322 e. The van der Waals surface area contributed by atoms with Crippen LogP contribution in [-0.2, 0) is 6.54 Å². The monoisotopic (exact) mass is 390 g/mol. The van der Waals surface area contributed by atoms with Crippen LogP contribution >= 0.6 is 0 Å². The Morgan fingerprint density at radius 3 is 2.62 bits per heavy atom. The third-order valence-electron chi connectivity index (χ3n) is 5.65. The van der Waals surface area contributed by atoms with E-state index in [4.69, 9.17) is 0 Å². The number of urea groups is 1. The first-order valence-corrected chi connectivity index (χ1v) is 10.2. The van der Waals surface area contributed by atoms with E-state index in [-0.39, 0.29) is 24.2 Å². The van der Waals surface area contributed by atoms with Gasteiger partial charge in [-0.25, -0.2) is 9.78 Å². The Morgan fingerprint density at radius 2 is 1.83 bits per heavy atom. The molecule has 1 saturated carbocycles. The van der Waals surface area contributed by atoms with Gasteiger partial charge in [-0.1, -0.05) is 49.6 Å². The van der Waals surface area contributed by atoms with Crippen molar-refractivity contribution in [3.63, 3.8) is 0 Å². The molecule has 1 heterocycles. The molecule has 150 valence electrons. The summed E-state index contributed by atoms with van der Waals surface area (Å²) >= 11 is 0. The Morgan fingerprint density at radius 1 is 1.10 bits per heavy atom. The number of anilines is 1. The number of fused-ring (bicyclic) bond motifs is 1. The van der Waals surface area contributed by atoms with Gasteiger partial charge in [-0.15, -0.1) is 0 Å². The fourth-order valence-corrected chi connectivity index (χ4v) is 4.03. The zero-order chi connectivity index (χ0) is 20.2. The molecule has 3 aromatic rings. The molecule has 1 fully saturated rings. The second kappa shape index (κ2) is 8.47. The molecule has 2 N–H and O–H groups in total. The number of carbonyl (C=O) groups is 1. The van der Waals surface area contributed by atoms with Crippen molar-refractivity contribution in [3.05, 3.63) is 70.3 Å². The number of hydrogen-bond acceptors (Lipinski definition) is 3. The van der Waals surface area contributed by atoms with Gasteiger partial charge in [0.2, 0.25) is 0 Å². The summed E-state index contributed by atoms with van der Waals surface area (Å²) in [4.78, 5) is 35.0. The van der Waals surface area contributed by atoms with Gasteiger partial charge >= 0.3 is 6.03 Å². The number of hydrogen-bond donors (Lipinski definition) is 2. The molecule has 29 heavy (non-hydrogen) atoms. The number of benzene rings is 2. The summed E-state index contributed by atoms with van der Waals surface area (Å²) in [5.41, 5.74) is 2.29. The van der Waals surface area contributed by atoms with E-state index >= 15 is 0 Å². The predicted octanol–water partition coefficient (Wildman–Crippen LogP) is 4.60. The lowest BCUT2D eigenvalue weighted by Crippen LogP contribution is -2.44. The lowest BCUT2D eigenvalue weighted by molar-refractivity contribution is 0.160. The number of nitrogens with one attached hydrogen (secondary N) is 2. The predicted molar refractivity (Wildman–Crippen MR) is 115 cm³/mol. The molecule has 0 bridgehead atoms. The average Bonchev–Trinajstić information content (AvgIpc) is 2.74. The van der Waals surface area contributed by atoms with Gasteiger partial charge in [-0.2, -0.15) is 0 Å². The van der Waals surface area contributed by atoms with Crippen molar-refractivity contribution in [2.24, 2.45) is 0 Å². The van der Waals surface area contributed by atoms with Gasteiger partial charge in [-0.05, 0) is 43.5 Å². The van der Waals surface area contributed by atoms with Gasteiger partial charge in [0, 0.05) is 11.7 Å². The highest BCUT2D eigenvalue weighted by Gasteiger charge is 2.27. The zero-order valence-corrected chi connectivity index (χ0v) is 16.6. The molecule has 4 rings (SSSR count). The van der Waals surface area contributed by atoms with Crippen LogP contribution in [0.2, 0.25) is 0 Å². The van der Waals surface area contributed by atoms with E-state index in [1.165, 1.54) is 6.42 Å². The van der Waals surface area contributed by atoms with Gasteiger partial charge in [0.05, 0.1) is 17.4 Å². The van der Waals surface area contributed by atoms with Crippen LogP contribution in [0.15, 0.2) is 53.3 Å². The maximum absolute atomic E-state index is 13.2. The second-order valence-electron chi connectivity index (χ2n) is 7.69. The highest BCUT2D eigenvalue weighted by molar-refractivity contribution is 5.90. The van der Waals surface area contributed by atoms with Crippen molar-refractivity contribution in [3.8, 4) is 0 Å². The molecular formula is C23H26N4O2. The zero-order valence-electron chi connectivity index (χ0n) is 16.6. The maximum atomic E-state index is 13.2. The number of rotatable bonds is 4. The molecule has 6 heteroatoms. The molecule has 0 aliphatic heterocycles. The quantitative estimate of drug-likeness (QED) is 0.683. The van der Waals surface area contributed by atoms with Gasteiger partial charge in [-0.3, -0.25) is 4.79 Å². The molecule has 0 spiro atoms. The van der Waals surface area contributed by atoms with Gasteiger partial charge in [0.25, 0.3) is 5.56 Å². The summed E-state index contributed by atoms with van der Waals surface area (Å²) in [6, 6.07) is 15.0. The van der Waals surface area contributed by atoms with Crippen LogP contribution in [-0.4, -0.2) is 26.9 Å². The minimum Gasteiger partial charge on any atom is -0.314 e. The van der Waals surface area contributed by atoms with Crippen LogP contribution in [0.4, 0.5) is 10.5 Å². The Balaban J connectivity index is 1.63. The highest BCUT2D eigenvalue weighted by atomic mass is 16.2. The largest absolute Gasteiger partial charge is 0.322 e. The van der Waals surface area contributed by atoms with Crippen LogP contribution < -0.4 is 10.9 Å². The summed E-state index contributed by atoms with van der Waals surface area (Å²) in [7, 11) is 0. The van der Waals surface area contributed by atoms with E-state index in [1.54, 1.807) is 6.07 Å². The fraction of sp³-hybridized carbons (Fsp3) is 0.348. The van der Waals surface area contributed by atoms with Crippen LogP contribution in [0.25, 0.3) is 10.9 Å². The number of para-hydroxylation sites is 2. The number of aryl methyl sites for hydroxylation is 1. The third-order valence-corrected chi connectivity index (χ3v) is 5.65. The van der Waals surface area contributed by atoms with E-state index in [9.17, 15) is 9.59 Å². The molecule has 1 aromatic heterocycles. The minimum absolute atomic E-state index is 0.143. The Labute approximate surface area is 170 Å². The summed E-state index contributed by atoms with van der Waals surface area (Å²) in [6.07, 6.45) is 5.37. The first-order chi connectivity index (χ1) is 14.1. The third kappa shape index (κ3) is 4.31. The van der Waals surface area contributed by atoms with E-state index in [0.717, 1.165) is 36.9 Å². The van der Waals surface area contributed by atoms with Crippen molar-refractivity contribution < 1.29 is 4.79 Å². The van der Waals surface area contributed by atoms with Crippen molar-refractivity contribution in [1.29, 1.82) is 0 Å². The van der Waals surface area contributed by atoms with Gasteiger partial charge in [0.1, 0.15) is 5.82 Å². The number of nitrogens with zero attached hydrogens (tertiary/aromatic N) is 2. The molecule has 0 unspecified atom stereocenters. The van der Waals surface area contributed by atoms with Crippen molar-refractivity contribution in [1.82, 2.24) is 14.9 Å². The SMILES string of the molecule is Cc1ccccc1NC(=O)N(Cc1nc2ccccc2c(=O)[nH]1)C1CCCCC1. The molecule has 0 saturated heterocycles. The summed E-state index contributed by atoms with van der Waals surface area (Å²) in [6.45, 7) is 2.26. The van der Waals surface area contributed by atoms with Crippen LogP contribution in [0.1, 0.15) is 43.5 Å². The topological polar surface area (TPSA) is 78.1 Å². The van der Waals surface area contributed by atoms with Crippen LogP contribution in [0.5, 0.6) is 0 Å². The number of aromatic amines is 1. The molecule has 1 aliphatic carbocycles. The number of carbonyl (C=O) groups excluding carboxylic acids is 1. The number of H-pyrrole nitrogens is 1. The molecule has 2 aromatic carbocycles. The first kappa shape index (κ1) is 19.2. The van der Waals surface area contributed by atoms with E-state index in [1.807, 2.05) is 54.3 Å². The summed E-state index contributed by atoms with van der Waals surface area (Å²) in [5.74, 6) is 0.513. The van der Waals surface area contributed by atoms with E-state index in [2.05, 4.69) is 15.3 Å². The normalized spacial score (nSPS) is 14.7. The number of aromatic nitrogens is 2. The lowest BCUT2D eigenvalue weighted by atomic mass is 9.94. The minimum atomic E-state index is -0.173. The Kier molecular flexibility index (Phi) is 5.60. The van der Waals surface area contributed by atoms with Gasteiger partial charge in [0.15, 0.2) is 0 Å². The smallest absolute Gasteiger partial charge is 0.314 e. The van der Waals surface area contributed by atoms with E-state index < -0.39 is 0 Å². The van der Waals surface area contributed by atoms with Crippen molar-refractivity contribution in [2.45, 2.75) is 51.6 Å². The van der Waals surface area contributed by atoms with Crippen LogP contribution in [0.3, 0.4) is 0 Å². The molecule has 6 nitrogen and oxygen atoms in total. The van der Waals surface area contributed by atoms with Gasteiger partial charge < -0.3 is 15.2 Å². The van der Waals surface area contributed by atoms with Crippen LogP contribution in [0, 0.1) is 6.92 Å². The Bertz CT molecular complexity index is 1070. The molecular weight excluding hydrogens is 364 g/mol. The molecule has 1 aliphatic rings. The Hall–Kier alpha value is -3.15. The van der Waals surface area contributed by atoms with E-state index in [0.29, 0.717) is 16.7 Å². The standard InChI is InChI=1S/C23H26N4O2/c1-16-9-5-7-13-19(16)25-23(29)27(17-10-3-2-4-11-17)15-21-24-20-14-8-6-12-18(20)22(28)26-21/h5-9,12-14,17H,2-4,10-11,15H2,1H3,(H,25,29)(H,24,26,28). The fourth-order valence-electron chi connectivity index (χ4n) is 4.03. The molecule has 0 atom stereocenters. The lowest BCUT2D eigenvalue weighted by Gasteiger charge is -2.34. The molecule has 2 amide bonds. The summed E-state index contributed by atoms with van der Waals surface area (Å²) < 4.78 is 0. The first-order valence-electron chi connectivity index (χ1n) is 10.2. The average molecular weight is 390 g/mol. The summed E-state index contributed by atoms with van der Waals surface area (Å²) in [5, 5.41) is 3.61.